The van der Waals surface area contributed by atoms with E-state index in [-0.39, 0.29) is 11.5 Å². The van der Waals surface area contributed by atoms with Gasteiger partial charge in [0.15, 0.2) is 0 Å². The molecule has 0 saturated carbocycles. The molecule has 1 N–H and O–H groups in total. The number of anilines is 1. The van der Waals surface area contributed by atoms with E-state index in [1.807, 2.05) is 40.6 Å². The number of thiophene rings is 1. The van der Waals surface area contributed by atoms with Crippen LogP contribution in [0.2, 0.25) is 0 Å². The fourth-order valence-electron chi connectivity index (χ4n) is 3.78. The van der Waals surface area contributed by atoms with Crippen molar-refractivity contribution in [3.63, 3.8) is 0 Å². The Bertz CT molecular complexity index is 697. The molecule has 25 heavy (non-hydrogen) atoms. The first-order valence-corrected chi connectivity index (χ1v) is 9.72. The average Bonchev–Trinajstić information content (AvgIpc) is 3.27. The molecule has 0 unspecified atom stereocenters. The van der Waals surface area contributed by atoms with E-state index in [1.54, 1.807) is 17.5 Å². The number of carbonyl (C=O) groups excluding carboxylic acids is 1. The Labute approximate surface area is 152 Å². The molecule has 2 aromatic rings. The summed E-state index contributed by atoms with van der Waals surface area (Å²) in [5.74, 6) is 1.13. The molecule has 0 aliphatic carbocycles. The third-order valence-corrected chi connectivity index (χ3v) is 6.04. The molecule has 5 nitrogen and oxygen atoms in total. The Kier molecular flexibility index (Phi) is 4.72. The van der Waals surface area contributed by atoms with Gasteiger partial charge in [0.05, 0.1) is 24.7 Å². The number of aromatic nitrogens is 1. The zero-order chi connectivity index (χ0) is 17.1. The first kappa shape index (κ1) is 16.5. The van der Waals surface area contributed by atoms with Gasteiger partial charge in [-0.05, 0) is 42.8 Å². The van der Waals surface area contributed by atoms with Crippen LogP contribution in [0.3, 0.4) is 0 Å². The Morgan fingerprint density at radius 3 is 2.92 bits per heavy atom. The Balaban J connectivity index is 1.29. The third-order valence-electron chi connectivity index (χ3n) is 5.16. The van der Waals surface area contributed by atoms with Crippen LogP contribution in [-0.4, -0.2) is 47.1 Å². The van der Waals surface area contributed by atoms with Crippen LogP contribution in [0, 0.1) is 0 Å². The lowest BCUT2D eigenvalue weighted by Gasteiger charge is -2.38. The maximum absolute atomic E-state index is 12.4. The van der Waals surface area contributed by atoms with E-state index in [1.165, 1.54) is 0 Å². The number of amides is 1. The van der Waals surface area contributed by atoms with Crippen LogP contribution in [0.4, 0.5) is 5.82 Å². The Hall–Kier alpha value is -1.92. The zero-order valence-corrected chi connectivity index (χ0v) is 15.0. The van der Waals surface area contributed by atoms with Gasteiger partial charge in [0.25, 0.3) is 0 Å². The van der Waals surface area contributed by atoms with Gasteiger partial charge in [0.2, 0.25) is 5.91 Å². The van der Waals surface area contributed by atoms with Crippen molar-refractivity contribution in [3.8, 4) is 0 Å². The largest absolute Gasteiger partial charge is 0.373 e. The van der Waals surface area contributed by atoms with Gasteiger partial charge in [0.1, 0.15) is 5.82 Å². The van der Waals surface area contributed by atoms with Gasteiger partial charge in [0, 0.05) is 24.2 Å². The summed E-state index contributed by atoms with van der Waals surface area (Å²) in [6.07, 6.45) is 5.14. The third kappa shape index (κ3) is 3.85. The summed E-state index contributed by atoms with van der Waals surface area (Å²) in [5.41, 5.74) is -0.0772. The van der Waals surface area contributed by atoms with Gasteiger partial charge in [-0.1, -0.05) is 12.1 Å². The van der Waals surface area contributed by atoms with Crippen LogP contribution >= 0.6 is 11.3 Å². The maximum atomic E-state index is 12.4. The smallest absolute Gasteiger partial charge is 0.227 e. The second-order valence-electron chi connectivity index (χ2n) is 6.89. The van der Waals surface area contributed by atoms with Crippen LogP contribution in [0.5, 0.6) is 0 Å². The van der Waals surface area contributed by atoms with E-state index in [2.05, 4.69) is 10.3 Å². The van der Waals surface area contributed by atoms with Gasteiger partial charge in [-0.25, -0.2) is 4.98 Å². The van der Waals surface area contributed by atoms with Crippen molar-refractivity contribution in [2.45, 2.75) is 37.3 Å². The number of pyridine rings is 1. The number of nitrogens with zero attached hydrogens (tertiary/aromatic N) is 2. The molecule has 0 aromatic carbocycles. The summed E-state index contributed by atoms with van der Waals surface area (Å²) < 4.78 is 6.17. The van der Waals surface area contributed by atoms with E-state index in [4.69, 9.17) is 4.74 Å². The first-order chi connectivity index (χ1) is 12.2. The minimum absolute atomic E-state index is 0.0772. The monoisotopic (exact) mass is 357 g/mol. The first-order valence-electron chi connectivity index (χ1n) is 8.84. The molecular weight excluding hydrogens is 334 g/mol. The molecule has 2 fully saturated rings. The summed E-state index contributed by atoms with van der Waals surface area (Å²) in [6, 6.07) is 10.2. The van der Waals surface area contributed by atoms with E-state index in [0.717, 1.165) is 43.0 Å². The molecule has 0 radical (unpaired) electrons. The van der Waals surface area contributed by atoms with Crippen LogP contribution < -0.4 is 5.32 Å². The van der Waals surface area contributed by atoms with Gasteiger partial charge >= 0.3 is 0 Å². The quantitative estimate of drug-likeness (QED) is 0.914. The predicted octanol–water partition coefficient (Wildman–Crippen LogP) is 2.95. The van der Waals surface area contributed by atoms with E-state index in [0.29, 0.717) is 19.1 Å². The molecule has 2 aromatic heterocycles. The van der Waals surface area contributed by atoms with E-state index >= 15 is 0 Å². The van der Waals surface area contributed by atoms with E-state index in [9.17, 15) is 4.79 Å². The molecule has 4 heterocycles. The normalized spacial score (nSPS) is 22.2. The molecule has 2 aliphatic rings. The second kappa shape index (κ2) is 7.14. The zero-order valence-electron chi connectivity index (χ0n) is 14.2. The molecule has 2 saturated heterocycles. The molecular formula is C19H23N3O2S. The van der Waals surface area contributed by atoms with Crippen LogP contribution in [0.15, 0.2) is 41.9 Å². The number of likely N-dealkylation sites (tertiary alicyclic amines) is 1. The number of piperidine rings is 1. The topological polar surface area (TPSA) is 54.5 Å². The molecule has 2 aliphatic heterocycles. The molecule has 132 valence electrons. The highest BCUT2D eigenvalue weighted by Gasteiger charge is 2.43. The van der Waals surface area contributed by atoms with Crippen molar-refractivity contribution in [3.05, 3.63) is 46.8 Å². The van der Waals surface area contributed by atoms with Crippen molar-refractivity contribution < 1.29 is 9.53 Å². The van der Waals surface area contributed by atoms with Crippen LogP contribution in [0.1, 0.15) is 24.1 Å². The van der Waals surface area contributed by atoms with Crippen molar-refractivity contribution in [2.75, 3.05) is 25.0 Å². The van der Waals surface area contributed by atoms with Gasteiger partial charge < -0.3 is 15.0 Å². The highest BCUT2D eigenvalue weighted by molar-refractivity contribution is 7.10. The summed E-state index contributed by atoms with van der Waals surface area (Å²) >= 11 is 1.65. The second-order valence-corrected chi connectivity index (χ2v) is 7.92. The number of carbonyl (C=O) groups is 1. The van der Waals surface area contributed by atoms with Crippen LogP contribution in [0.25, 0.3) is 0 Å². The highest BCUT2D eigenvalue weighted by Crippen LogP contribution is 2.37. The lowest BCUT2D eigenvalue weighted by Crippen LogP contribution is -2.47. The maximum Gasteiger partial charge on any atom is 0.227 e. The number of ether oxygens (including phenoxy) is 1. The van der Waals surface area contributed by atoms with Crippen molar-refractivity contribution in [1.29, 1.82) is 0 Å². The van der Waals surface area contributed by atoms with Gasteiger partial charge in [-0.2, -0.15) is 0 Å². The fraction of sp³-hybridized carbons (Fsp3) is 0.474. The number of nitrogens with one attached hydrogen (secondary N) is 1. The van der Waals surface area contributed by atoms with Crippen molar-refractivity contribution in [2.24, 2.45) is 0 Å². The highest BCUT2D eigenvalue weighted by atomic mass is 32.1. The minimum atomic E-state index is -0.0772. The summed E-state index contributed by atoms with van der Waals surface area (Å²) in [4.78, 5) is 19.9. The fourth-order valence-corrected chi connectivity index (χ4v) is 4.48. The van der Waals surface area contributed by atoms with Gasteiger partial charge in [-0.15, -0.1) is 11.3 Å². The summed E-state index contributed by atoms with van der Waals surface area (Å²) in [6.45, 7) is 2.29. The van der Waals surface area contributed by atoms with Gasteiger partial charge in [-0.3, -0.25) is 4.79 Å². The number of hydrogen-bond donors (Lipinski definition) is 1. The predicted molar refractivity (Wildman–Crippen MR) is 98.8 cm³/mol. The van der Waals surface area contributed by atoms with E-state index < -0.39 is 0 Å². The average molecular weight is 357 g/mol. The molecule has 1 spiro atoms. The van der Waals surface area contributed by atoms with Crippen LogP contribution in [-0.2, 0) is 16.0 Å². The summed E-state index contributed by atoms with van der Waals surface area (Å²) in [5, 5.41) is 5.48. The Morgan fingerprint density at radius 1 is 1.32 bits per heavy atom. The number of rotatable bonds is 4. The lowest BCUT2D eigenvalue weighted by molar-refractivity contribution is -0.135. The standard InChI is InChI=1S/C19H23N3O2S/c23-18(12-16-4-3-11-25-16)22-9-6-19(7-10-22)13-15(14-24-19)21-17-5-1-2-8-20-17/h1-5,8,11,15H,6-7,9-10,12-14H2,(H,20,21)/t15-/m0/s1. The number of hydrogen-bond acceptors (Lipinski definition) is 5. The van der Waals surface area contributed by atoms with Crippen molar-refractivity contribution in [1.82, 2.24) is 9.88 Å². The Morgan fingerprint density at radius 2 is 2.20 bits per heavy atom. The molecule has 1 atom stereocenters. The molecule has 6 heteroatoms. The summed E-state index contributed by atoms with van der Waals surface area (Å²) in [7, 11) is 0. The molecule has 4 rings (SSSR count). The molecule has 1 amide bonds. The van der Waals surface area contributed by atoms with Crippen molar-refractivity contribution >= 4 is 23.1 Å². The minimum Gasteiger partial charge on any atom is -0.373 e. The SMILES string of the molecule is O=C(Cc1cccs1)N1CCC2(CC1)C[C@H](Nc1ccccn1)CO2. The lowest BCUT2D eigenvalue weighted by atomic mass is 9.87. The molecule has 0 bridgehead atoms.